The van der Waals surface area contributed by atoms with Gasteiger partial charge < -0.3 is 33.5 Å². The minimum atomic E-state index is -2.19. The number of carbonyl (C=O) groups is 7. The van der Waals surface area contributed by atoms with E-state index in [1.54, 1.807) is 20.8 Å². The van der Waals surface area contributed by atoms with Crippen molar-refractivity contribution in [3.63, 3.8) is 0 Å². The first-order valence-corrected chi connectivity index (χ1v) is 16.6. The van der Waals surface area contributed by atoms with Gasteiger partial charge in [-0.15, -0.1) is 0 Å². The van der Waals surface area contributed by atoms with Gasteiger partial charge in [0.15, 0.2) is 5.60 Å². The van der Waals surface area contributed by atoms with E-state index in [0.29, 0.717) is 0 Å². The average molecular weight is 673 g/mol. The van der Waals surface area contributed by atoms with Gasteiger partial charge in [0.05, 0.1) is 11.5 Å². The first kappa shape index (κ1) is 32.0. The van der Waals surface area contributed by atoms with Crippen molar-refractivity contribution in [1.82, 2.24) is 0 Å². The lowest BCUT2D eigenvalue weighted by Crippen LogP contribution is -2.73. The van der Waals surface area contributed by atoms with Crippen LogP contribution in [-0.2, 0) is 62.0 Å². The summed E-state index contributed by atoms with van der Waals surface area (Å²) >= 11 is 0. The van der Waals surface area contributed by atoms with Crippen LogP contribution >= 0.6 is 0 Å². The van der Waals surface area contributed by atoms with Crippen LogP contribution in [0.1, 0.15) is 61.8 Å². The van der Waals surface area contributed by atoms with Gasteiger partial charge in [0.2, 0.25) is 11.6 Å². The summed E-state index contributed by atoms with van der Waals surface area (Å²) in [6.07, 6.45) is -5.38. The third-order valence-corrected chi connectivity index (χ3v) is 14.3. The smallest absolute Gasteiger partial charge is 0.341 e. The molecule has 0 bridgehead atoms. The number of ether oxygens (including phenoxy) is 6. The number of hydrogen-bond acceptors (Lipinski definition) is 14. The third kappa shape index (κ3) is 3.28. The molecule has 5 aliphatic carbocycles. The van der Waals surface area contributed by atoms with Crippen molar-refractivity contribution < 1.29 is 67.1 Å². The molecule has 0 amide bonds. The molecule has 48 heavy (non-hydrogen) atoms. The molecule has 5 saturated carbocycles. The molecule has 0 radical (unpaired) electrons. The van der Waals surface area contributed by atoms with Crippen LogP contribution in [0.4, 0.5) is 0 Å². The zero-order chi connectivity index (χ0) is 35.0. The highest BCUT2D eigenvalue weighted by Gasteiger charge is 2.93. The second kappa shape index (κ2) is 9.11. The Morgan fingerprint density at radius 2 is 1.42 bits per heavy atom. The normalized spacial score (nSPS) is 56.6. The Morgan fingerprint density at radius 3 is 2.02 bits per heavy atom. The highest BCUT2D eigenvalue weighted by molar-refractivity contribution is 6.40. The van der Waals surface area contributed by atoms with Crippen molar-refractivity contribution in [2.75, 3.05) is 0 Å². The Hall–Kier alpha value is -3.23. The lowest BCUT2D eigenvalue weighted by molar-refractivity contribution is -0.252. The number of esters is 4. The lowest BCUT2D eigenvalue weighted by atomic mass is 9.41. The Bertz CT molecular complexity index is 1630. The van der Waals surface area contributed by atoms with Crippen molar-refractivity contribution >= 4 is 41.2 Å². The number of epoxide rings is 2. The molecule has 0 aromatic carbocycles. The minimum absolute atomic E-state index is 0.151. The van der Waals surface area contributed by atoms with Crippen molar-refractivity contribution in [2.45, 2.75) is 110 Å². The molecule has 8 fully saturated rings. The van der Waals surface area contributed by atoms with Crippen LogP contribution in [0.15, 0.2) is 0 Å². The Labute approximate surface area is 275 Å². The molecule has 0 aromatic heterocycles. The molecule has 2 unspecified atom stereocenters. The van der Waals surface area contributed by atoms with E-state index in [0.717, 1.165) is 0 Å². The summed E-state index contributed by atoms with van der Waals surface area (Å²) in [4.78, 5) is 95.8. The average Bonchev–Trinajstić information content (AvgIpc) is 3.88. The summed E-state index contributed by atoms with van der Waals surface area (Å²) in [5, 5.41) is 11.8. The SMILES string of the molecule is CC(=O)O[C@H]1C2C(C(=O)C(=O)[C@H]3C[C@@H]4O[C@@H]4[C@H](OC(C)=O)[C@]23C)[C@@H]2C(=O)[C@@H]3[C@H]([C@H](C)[C@H]4O[C@]45OC(=O)[C@@](C)(O)[C@]35C)[C@@]2(C)[C@H]1OC(C)=O. The van der Waals surface area contributed by atoms with Gasteiger partial charge in [0, 0.05) is 61.2 Å². The van der Waals surface area contributed by atoms with Crippen LogP contribution in [0.25, 0.3) is 0 Å². The van der Waals surface area contributed by atoms with E-state index in [-0.39, 0.29) is 6.42 Å². The second-order valence-corrected chi connectivity index (χ2v) is 16.2. The molecule has 14 nitrogen and oxygen atoms in total. The van der Waals surface area contributed by atoms with E-state index in [1.807, 2.05) is 6.92 Å². The van der Waals surface area contributed by atoms with Gasteiger partial charge in [-0.2, -0.15) is 0 Å². The highest BCUT2D eigenvalue weighted by Crippen LogP contribution is 2.79. The van der Waals surface area contributed by atoms with Crippen LogP contribution in [0.2, 0.25) is 0 Å². The number of fused-ring (bicyclic) bond motifs is 9. The number of Topliss-reactive ketones (excluding diaryl/α,β-unsaturated/α-hetero) is 3. The zero-order valence-electron chi connectivity index (χ0n) is 28.0. The van der Waals surface area contributed by atoms with Crippen molar-refractivity contribution in [3.05, 3.63) is 0 Å². The van der Waals surface area contributed by atoms with Crippen LogP contribution in [0.5, 0.6) is 0 Å². The van der Waals surface area contributed by atoms with E-state index in [9.17, 15) is 33.9 Å². The largest absolute Gasteiger partial charge is 0.459 e. The van der Waals surface area contributed by atoms with Gasteiger partial charge in [-0.25, -0.2) is 4.79 Å². The summed E-state index contributed by atoms with van der Waals surface area (Å²) < 4.78 is 35.7. The van der Waals surface area contributed by atoms with E-state index in [2.05, 4.69) is 0 Å². The van der Waals surface area contributed by atoms with Gasteiger partial charge in [0.25, 0.3) is 5.79 Å². The quantitative estimate of drug-likeness (QED) is 0.188. The predicted octanol–water partition coefficient (Wildman–Crippen LogP) is 0.469. The molecule has 1 N–H and O–H groups in total. The molecule has 14 heteroatoms. The number of rotatable bonds is 3. The zero-order valence-corrected chi connectivity index (χ0v) is 28.0. The monoisotopic (exact) mass is 672 g/mol. The molecular weight excluding hydrogens is 632 g/mol. The highest BCUT2D eigenvalue weighted by atomic mass is 16.8. The summed E-state index contributed by atoms with van der Waals surface area (Å²) in [7, 11) is 0. The number of hydrogen-bond donors (Lipinski definition) is 1. The van der Waals surface area contributed by atoms with E-state index in [1.165, 1.54) is 27.7 Å². The maximum absolute atomic E-state index is 15.3. The second-order valence-electron chi connectivity index (χ2n) is 16.2. The van der Waals surface area contributed by atoms with Crippen molar-refractivity contribution in [2.24, 2.45) is 57.7 Å². The molecule has 18 atom stereocenters. The fraction of sp³-hybridized carbons (Fsp3) is 0.794. The number of ketones is 3. The number of aliphatic hydroxyl groups is 1. The fourth-order valence-electron chi connectivity index (χ4n) is 12.3. The minimum Gasteiger partial charge on any atom is -0.459 e. The molecule has 0 aromatic rings. The summed E-state index contributed by atoms with van der Waals surface area (Å²) in [6, 6.07) is 0. The molecular formula is C34H40O14. The molecule has 8 aliphatic rings. The molecule has 260 valence electrons. The van der Waals surface area contributed by atoms with E-state index in [4.69, 9.17) is 28.4 Å². The van der Waals surface area contributed by atoms with Gasteiger partial charge in [-0.3, -0.25) is 28.8 Å². The van der Waals surface area contributed by atoms with Crippen LogP contribution < -0.4 is 0 Å². The predicted molar refractivity (Wildman–Crippen MR) is 154 cm³/mol. The third-order valence-electron chi connectivity index (χ3n) is 14.3. The lowest BCUT2D eigenvalue weighted by Gasteiger charge is -2.63. The van der Waals surface area contributed by atoms with Gasteiger partial charge in [-0.05, 0) is 32.1 Å². The Kier molecular flexibility index (Phi) is 6.07. The first-order valence-electron chi connectivity index (χ1n) is 16.6. The van der Waals surface area contributed by atoms with Gasteiger partial charge in [-0.1, -0.05) is 20.8 Å². The number of carbonyl (C=O) groups excluding carboxylic acids is 7. The molecule has 3 heterocycles. The molecule has 8 rings (SSSR count). The topological polar surface area (TPSA) is 202 Å². The van der Waals surface area contributed by atoms with Crippen molar-refractivity contribution in [1.29, 1.82) is 0 Å². The first-order chi connectivity index (χ1) is 22.2. The van der Waals surface area contributed by atoms with E-state index < -0.39 is 147 Å². The van der Waals surface area contributed by atoms with Crippen LogP contribution in [-0.4, -0.2) is 94.3 Å². The van der Waals surface area contributed by atoms with Crippen LogP contribution in [0.3, 0.4) is 0 Å². The van der Waals surface area contributed by atoms with Crippen LogP contribution in [0, 0.1) is 57.7 Å². The summed E-state index contributed by atoms with van der Waals surface area (Å²) in [5.74, 6) is -14.1. The fourth-order valence-corrected chi connectivity index (χ4v) is 12.3. The Morgan fingerprint density at radius 1 is 0.812 bits per heavy atom. The van der Waals surface area contributed by atoms with Crippen molar-refractivity contribution in [3.8, 4) is 0 Å². The van der Waals surface area contributed by atoms with E-state index >= 15 is 4.79 Å². The van der Waals surface area contributed by atoms with Gasteiger partial charge in [0.1, 0.15) is 36.3 Å². The maximum Gasteiger partial charge on any atom is 0.341 e. The maximum atomic E-state index is 15.3. The molecule has 3 saturated heterocycles. The molecule has 1 spiro atoms. The Balaban J connectivity index is 1.39. The summed E-state index contributed by atoms with van der Waals surface area (Å²) in [6.45, 7) is 11.6. The standard InChI is InChI=1S/C34H40O14/c1-10-17-20(32(7)33(8,42)29(41)48-34(32)26(10)47-34)23(40)18-16-19(25(43-11(2)35)28(31(17,18)6)45-13(4)37)30(5)14(21(38)22(16)39)9-15-24(46-15)27(30)44-12(3)36/h10,14-20,24-28,42H,9H2,1-8H3/t10-,14+,15-,16?,17-,18+,19?,20-,24-,25-,26+,27-,28-,30-,31+,32-,33+,34-/m0/s1. The summed E-state index contributed by atoms with van der Waals surface area (Å²) in [5.41, 5.74) is -6.70. The molecule has 3 aliphatic heterocycles. The van der Waals surface area contributed by atoms with Gasteiger partial charge >= 0.3 is 23.9 Å².